The van der Waals surface area contributed by atoms with Crippen LogP contribution < -0.4 is 5.32 Å². The van der Waals surface area contributed by atoms with E-state index in [2.05, 4.69) is 34.2 Å². The van der Waals surface area contributed by atoms with E-state index in [0.717, 1.165) is 35.4 Å². The van der Waals surface area contributed by atoms with E-state index < -0.39 is 0 Å². The average Bonchev–Trinajstić information content (AvgIpc) is 2.33. The van der Waals surface area contributed by atoms with E-state index in [0.29, 0.717) is 5.92 Å². The predicted molar refractivity (Wildman–Crippen MR) is 76.3 cm³/mol. The Hall–Kier alpha value is -0.0900. The lowest BCUT2D eigenvalue weighted by Crippen LogP contribution is -2.16. The quantitative estimate of drug-likeness (QED) is 0.752. The van der Waals surface area contributed by atoms with Crippen LogP contribution in [-0.2, 0) is 6.54 Å². The fraction of sp³-hybridized carbons (Fsp3) is 0.538. The van der Waals surface area contributed by atoms with E-state index in [-0.39, 0.29) is 6.61 Å². The minimum atomic E-state index is 0.280. The normalized spacial score (nSPS) is 12.7. The van der Waals surface area contributed by atoms with Gasteiger partial charge in [0.05, 0.1) is 5.02 Å². The molecule has 1 aromatic rings. The van der Waals surface area contributed by atoms with E-state index in [1.807, 2.05) is 12.1 Å². The number of halogens is 2. The first-order valence-electron chi connectivity index (χ1n) is 5.89. The van der Waals surface area contributed by atoms with Gasteiger partial charge >= 0.3 is 0 Å². The maximum atomic E-state index is 8.89. The third-order valence-electron chi connectivity index (χ3n) is 2.68. The monoisotopic (exact) mass is 319 g/mol. The fourth-order valence-corrected chi connectivity index (χ4v) is 2.00. The molecule has 2 N–H and O–H groups in total. The number of nitrogens with one attached hydrogen (secondary N) is 1. The molecule has 1 unspecified atom stereocenters. The second-order valence-electron chi connectivity index (χ2n) is 4.36. The fourth-order valence-electron chi connectivity index (χ4n) is 1.55. The summed E-state index contributed by atoms with van der Waals surface area (Å²) in [5, 5.41) is 13.0. The summed E-state index contributed by atoms with van der Waals surface area (Å²) in [7, 11) is 0. The van der Waals surface area contributed by atoms with Gasteiger partial charge in [0.1, 0.15) is 0 Å². The van der Waals surface area contributed by atoms with E-state index in [1.165, 1.54) is 5.56 Å². The van der Waals surface area contributed by atoms with Crippen LogP contribution in [0, 0.1) is 5.92 Å². The highest BCUT2D eigenvalue weighted by Crippen LogP contribution is 2.23. The van der Waals surface area contributed by atoms with Crippen molar-refractivity contribution >= 4 is 27.5 Å². The molecule has 0 radical (unpaired) electrons. The van der Waals surface area contributed by atoms with Crippen LogP contribution in [0.25, 0.3) is 0 Å². The van der Waals surface area contributed by atoms with Gasteiger partial charge in [-0.3, -0.25) is 0 Å². The first-order valence-corrected chi connectivity index (χ1v) is 7.06. The van der Waals surface area contributed by atoms with Crippen molar-refractivity contribution in [3.63, 3.8) is 0 Å². The lowest BCUT2D eigenvalue weighted by molar-refractivity contribution is 0.228. The Labute approximate surface area is 117 Å². The number of rotatable bonds is 7. The minimum absolute atomic E-state index is 0.280. The molecule has 17 heavy (non-hydrogen) atoms. The van der Waals surface area contributed by atoms with Gasteiger partial charge in [-0.1, -0.05) is 24.6 Å². The second kappa shape index (κ2) is 8.09. The lowest BCUT2D eigenvalue weighted by Gasteiger charge is -2.08. The Morgan fingerprint density at radius 3 is 2.88 bits per heavy atom. The minimum Gasteiger partial charge on any atom is -0.396 e. The van der Waals surface area contributed by atoms with Gasteiger partial charge in [-0.25, -0.2) is 0 Å². The molecule has 0 heterocycles. The smallest absolute Gasteiger partial charge is 0.0551 e. The van der Waals surface area contributed by atoms with Crippen molar-refractivity contribution in [2.24, 2.45) is 5.92 Å². The number of aliphatic hydroxyl groups excluding tert-OH is 1. The van der Waals surface area contributed by atoms with Gasteiger partial charge < -0.3 is 10.4 Å². The summed E-state index contributed by atoms with van der Waals surface area (Å²) in [5.74, 6) is 0.402. The van der Waals surface area contributed by atoms with Gasteiger partial charge in [0, 0.05) is 17.6 Å². The van der Waals surface area contributed by atoms with Gasteiger partial charge in [0.2, 0.25) is 0 Å². The molecule has 0 aliphatic carbocycles. The molecule has 96 valence electrons. The highest BCUT2D eigenvalue weighted by Gasteiger charge is 2.00. The van der Waals surface area contributed by atoms with Gasteiger partial charge in [-0.2, -0.15) is 0 Å². The van der Waals surface area contributed by atoms with Crippen LogP contribution in [0.3, 0.4) is 0 Å². The van der Waals surface area contributed by atoms with Crippen LogP contribution in [0.1, 0.15) is 25.3 Å². The van der Waals surface area contributed by atoms with Crippen LogP contribution in [0.15, 0.2) is 22.7 Å². The topological polar surface area (TPSA) is 32.3 Å². The van der Waals surface area contributed by atoms with Gasteiger partial charge in [0.15, 0.2) is 0 Å². The molecule has 0 aromatic heterocycles. The Morgan fingerprint density at radius 1 is 1.47 bits per heavy atom. The van der Waals surface area contributed by atoms with Crippen molar-refractivity contribution in [2.45, 2.75) is 26.3 Å². The van der Waals surface area contributed by atoms with E-state index in [1.54, 1.807) is 0 Å². The SMILES string of the molecule is CC(CO)CCCNCc1ccc(Br)c(Cl)c1. The van der Waals surface area contributed by atoms with Crippen molar-refractivity contribution < 1.29 is 5.11 Å². The highest BCUT2D eigenvalue weighted by atomic mass is 79.9. The van der Waals surface area contributed by atoms with Crippen LogP contribution >= 0.6 is 27.5 Å². The van der Waals surface area contributed by atoms with Gasteiger partial charge in [-0.05, 0) is 58.9 Å². The van der Waals surface area contributed by atoms with E-state index in [4.69, 9.17) is 16.7 Å². The number of hydrogen-bond donors (Lipinski definition) is 2. The standard InChI is InChI=1S/C13H19BrClNO/c1-10(9-17)3-2-6-16-8-11-4-5-12(14)13(15)7-11/h4-5,7,10,16-17H,2-3,6,8-9H2,1H3. The molecule has 0 bridgehead atoms. The Bertz CT molecular complexity index is 346. The molecule has 0 aliphatic rings. The molecule has 2 nitrogen and oxygen atoms in total. The molecule has 0 amide bonds. The zero-order chi connectivity index (χ0) is 12.7. The molecular weight excluding hydrogens is 302 g/mol. The highest BCUT2D eigenvalue weighted by molar-refractivity contribution is 9.10. The predicted octanol–water partition coefficient (Wildman–Crippen LogP) is 3.60. The molecule has 1 aromatic carbocycles. The van der Waals surface area contributed by atoms with Crippen molar-refractivity contribution in [3.05, 3.63) is 33.3 Å². The molecule has 4 heteroatoms. The molecule has 0 spiro atoms. The summed E-state index contributed by atoms with van der Waals surface area (Å²) in [4.78, 5) is 0. The molecule has 1 atom stereocenters. The van der Waals surface area contributed by atoms with Crippen LogP contribution in [0.5, 0.6) is 0 Å². The summed E-state index contributed by atoms with van der Waals surface area (Å²) >= 11 is 9.38. The molecule has 0 fully saturated rings. The summed E-state index contributed by atoms with van der Waals surface area (Å²) in [6, 6.07) is 5.99. The molecule has 0 saturated carbocycles. The largest absolute Gasteiger partial charge is 0.396 e. The third kappa shape index (κ3) is 5.87. The molecule has 1 rings (SSSR count). The van der Waals surface area contributed by atoms with Crippen LogP contribution in [-0.4, -0.2) is 18.3 Å². The van der Waals surface area contributed by atoms with Crippen LogP contribution in [0.2, 0.25) is 5.02 Å². The number of benzene rings is 1. The van der Waals surface area contributed by atoms with E-state index >= 15 is 0 Å². The zero-order valence-electron chi connectivity index (χ0n) is 10.0. The van der Waals surface area contributed by atoms with Gasteiger partial charge in [-0.15, -0.1) is 0 Å². The maximum Gasteiger partial charge on any atom is 0.0551 e. The molecule has 0 aliphatic heterocycles. The Morgan fingerprint density at radius 2 is 2.24 bits per heavy atom. The average molecular weight is 321 g/mol. The molecule has 0 saturated heterocycles. The second-order valence-corrected chi connectivity index (χ2v) is 5.62. The van der Waals surface area contributed by atoms with Crippen molar-refractivity contribution in [1.82, 2.24) is 5.32 Å². The van der Waals surface area contributed by atoms with Crippen molar-refractivity contribution in [1.29, 1.82) is 0 Å². The van der Waals surface area contributed by atoms with Crippen molar-refractivity contribution in [2.75, 3.05) is 13.2 Å². The number of aliphatic hydroxyl groups is 1. The summed E-state index contributed by atoms with van der Waals surface area (Å²) in [6.07, 6.45) is 2.15. The third-order valence-corrected chi connectivity index (χ3v) is 3.91. The summed E-state index contributed by atoms with van der Waals surface area (Å²) in [6.45, 7) is 4.15. The summed E-state index contributed by atoms with van der Waals surface area (Å²) < 4.78 is 0.930. The zero-order valence-corrected chi connectivity index (χ0v) is 12.4. The first-order chi connectivity index (χ1) is 8.13. The summed E-state index contributed by atoms with van der Waals surface area (Å²) in [5.41, 5.74) is 1.19. The Kier molecular flexibility index (Phi) is 7.12. The van der Waals surface area contributed by atoms with Crippen molar-refractivity contribution in [3.8, 4) is 0 Å². The molecular formula is C13H19BrClNO. The van der Waals surface area contributed by atoms with Gasteiger partial charge in [0.25, 0.3) is 0 Å². The maximum absolute atomic E-state index is 8.89. The Balaban J connectivity index is 2.20. The van der Waals surface area contributed by atoms with E-state index in [9.17, 15) is 0 Å². The first kappa shape index (κ1) is 15.0. The number of hydrogen-bond acceptors (Lipinski definition) is 2. The van der Waals surface area contributed by atoms with Crippen LogP contribution in [0.4, 0.5) is 0 Å². The lowest BCUT2D eigenvalue weighted by atomic mass is 10.1.